The molecule has 10 amide bonds. The minimum absolute atomic E-state index is 0.0157. The number of amides is 10. The molecule has 87 heavy (non-hydrogen) atoms. The van der Waals surface area contributed by atoms with Crippen molar-refractivity contribution >= 4 is 59.3 Å². The lowest BCUT2D eigenvalue weighted by atomic mass is 9.82. The van der Waals surface area contributed by atoms with Crippen molar-refractivity contribution < 1.29 is 66.9 Å². The van der Waals surface area contributed by atoms with Gasteiger partial charge in [-0.3, -0.25) is 43.3 Å². The molecule has 0 bridgehead atoms. The van der Waals surface area contributed by atoms with E-state index in [2.05, 4.69) is 31.9 Å². The predicted molar refractivity (Wildman–Crippen MR) is 319 cm³/mol. The van der Waals surface area contributed by atoms with Crippen molar-refractivity contribution in [3.63, 3.8) is 0 Å². The third-order valence-electron chi connectivity index (χ3n) is 15.6. The van der Waals surface area contributed by atoms with Gasteiger partial charge >= 0.3 is 12.0 Å². The van der Waals surface area contributed by atoms with E-state index in [1.54, 1.807) is 26.1 Å². The van der Waals surface area contributed by atoms with Crippen LogP contribution in [0.1, 0.15) is 135 Å². The molecule has 2 aromatic carbocycles. The number of carboxylic acid groups (broad SMARTS) is 1. The third kappa shape index (κ3) is 21.7. The van der Waals surface area contributed by atoms with Gasteiger partial charge in [0.1, 0.15) is 36.4 Å². The number of halogens is 2. The van der Waals surface area contributed by atoms with Crippen LogP contribution in [-0.2, 0) is 49.7 Å². The van der Waals surface area contributed by atoms with Gasteiger partial charge < -0.3 is 63.0 Å². The lowest BCUT2D eigenvalue weighted by Crippen LogP contribution is -2.57. The van der Waals surface area contributed by atoms with E-state index in [1.807, 2.05) is 55.7 Å². The lowest BCUT2D eigenvalue weighted by Gasteiger charge is -2.41. The molecule has 12 N–H and O–H groups in total. The Labute approximate surface area is 506 Å². The summed E-state index contributed by atoms with van der Waals surface area (Å²) in [7, 11) is 0. The van der Waals surface area contributed by atoms with Gasteiger partial charge in [-0.2, -0.15) is 0 Å². The fourth-order valence-electron chi connectivity index (χ4n) is 11.0. The van der Waals surface area contributed by atoms with E-state index in [0.29, 0.717) is 62.7 Å². The van der Waals surface area contributed by atoms with Crippen LogP contribution in [0.25, 0.3) is 11.1 Å². The first kappa shape index (κ1) is 69.7. The van der Waals surface area contributed by atoms with Crippen LogP contribution in [0.3, 0.4) is 0 Å². The second-order valence-corrected chi connectivity index (χ2v) is 23.9. The molecule has 2 unspecified atom stereocenters. The van der Waals surface area contributed by atoms with Gasteiger partial charge in [0, 0.05) is 86.8 Å². The molecule has 25 heteroatoms. The summed E-state index contributed by atoms with van der Waals surface area (Å²) >= 11 is 0. The number of nitrogens with two attached hydrogens (primary N) is 2. The molecule has 1 aromatic heterocycles. The molecule has 1 fully saturated rings. The number of nitrogens with one attached hydrogen (secondary N) is 6. The van der Waals surface area contributed by atoms with Crippen molar-refractivity contribution in [3.8, 4) is 11.1 Å². The van der Waals surface area contributed by atoms with Crippen molar-refractivity contribution in [2.75, 3.05) is 39.3 Å². The van der Waals surface area contributed by atoms with Gasteiger partial charge in [-0.15, -0.1) is 0 Å². The number of aromatic nitrogens is 1. The number of carbonyl (C=O) groups excluding carboxylic acids is 9. The summed E-state index contributed by atoms with van der Waals surface area (Å²) < 4.78 is 31.6. The molecule has 476 valence electrons. The van der Waals surface area contributed by atoms with Crippen molar-refractivity contribution in [1.29, 1.82) is 0 Å². The Morgan fingerprint density at radius 1 is 0.770 bits per heavy atom. The number of urea groups is 1. The van der Waals surface area contributed by atoms with E-state index in [0.717, 1.165) is 28.7 Å². The summed E-state index contributed by atoms with van der Waals surface area (Å²) in [4.78, 5) is 131. The van der Waals surface area contributed by atoms with Crippen molar-refractivity contribution in [3.05, 3.63) is 95.8 Å². The predicted octanol–water partition coefficient (Wildman–Crippen LogP) is 4.06. The average molecular weight is 1220 g/mol. The van der Waals surface area contributed by atoms with Gasteiger partial charge in [-0.1, -0.05) is 71.4 Å². The van der Waals surface area contributed by atoms with Crippen molar-refractivity contribution in [2.24, 2.45) is 34.6 Å². The molecule has 2 aliphatic rings. The second-order valence-electron chi connectivity index (χ2n) is 23.9. The van der Waals surface area contributed by atoms with Crippen LogP contribution in [0, 0.1) is 34.8 Å². The quantitative estimate of drug-likeness (QED) is 0.0294. The molecule has 1 saturated carbocycles. The van der Waals surface area contributed by atoms with Gasteiger partial charge in [0.25, 0.3) is 11.8 Å². The van der Waals surface area contributed by atoms with Crippen LogP contribution in [0.15, 0.2) is 72.9 Å². The zero-order valence-corrected chi connectivity index (χ0v) is 50.4. The number of rotatable bonds is 35. The second kappa shape index (κ2) is 33.7. The monoisotopic (exact) mass is 1220 g/mol. The Balaban J connectivity index is 1.08. The number of hydrogen-bond acceptors (Lipinski definition) is 12. The molecular weight excluding hydrogens is 1130 g/mol. The highest BCUT2D eigenvalue weighted by Crippen LogP contribution is 2.41. The number of benzene rings is 2. The number of aliphatic carboxylic acids is 1. The van der Waals surface area contributed by atoms with Gasteiger partial charge in [0.15, 0.2) is 0 Å². The fraction of sp³-hybridized carbons (Fsp3) is 0.548. The number of hydrogen-bond donors (Lipinski definition) is 10. The topological polar surface area (TPSA) is 347 Å². The van der Waals surface area contributed by atoms with E-state index in [1.165, 1.54) is 17.1 Å². The molecule has 7 atom stereocenters. The summed E-state index contributed by atoms with van der Waals surface area (Å²) in [5.74, 6) is -7.37. The Bertz CT molecular complexity index is 2900. The summed E-state index contributed by atoms with van der Waals surface area (Å²) in [6.07, 6.45) is 8.08. The largest absolute Gasteiger partial charge is 0.480 e. The highest BCUT2D eigenvalue weighted by molar-refractivity contribution is 6.12. The number of carboxylic acids is 1. The number of nitrogens with zero attached hydrogens (tertiary/aromatic N) is 3. The van der Waals surface area contributed by atoms with Gasteiger partial charge in [-0.05, 0) is 118 Å². The minimum Gasteiger partial charge on any atom is -0.480 e. The summed E-state index contributed by atoms with van der Waals surface area (Å²) in [6.45, 7) is 9.34. The summed E-state index contributed by atoms with van der Waals surface area (Å²) in [5.41, 5.74) is 12.9. The Hall–Kier alpha value is -8.06. The normalized spacial score (nSPS) is 16.6. The molecule has 0 radical (unpaired) electrons. The first-order valence-corrected chi connectivity index (χ1v) is 29.9. The highest BCUT2D eigenvalue weighted by Gasteiger charge is 2.38. The maximum Gasteiger partial charge on any atom is 0.326 e. The van der Waals surface area contributed by atoms with Crippen LogP contribution in [0.2, 0.25) is 0 Å². The zero-order valence-electron chi connectivity index (χ0n) is 50.4. The summed E-state index contributed by atoms with van der Waals surface area (Å²) in [6, 6.07) is 8.11. The molecule has 0 saturated heterocycles. The zero-order chi connectivity index (χ0) is 64.0. The molecule has 1 aliphatic heterocycles. The van der Waals surface area contributed by atoms with Crippen molar-refractivity contribution in [1.82, 2.24) is 46.3 Å². The number of primary amides is 1. The van der Waals surface area contributed by atoms with E-state index in [9.17, 15) is 62.5 Å². The smallest absolute Gasteiger partial charge is 0.326 e. The van der Waals surface area contributed by atoms with Crippen LogP contribution in [0.4, 0.5) is 13.6 Å². The molecule has 23 nitrogen and oxygen atoms in total. The fourth-order valence-corrected chi connectivity index (χ4v) is 11.0. The van der Waals surface area contributed by atoms with E-state index in [-0.39, 0.29) is 106 Å². The Morgan fingerprint density at radius 2 is 1.45 bits per heavy atom. The maximum atomic E-state index is 15.2. The SMILES string of the molecule is CC(C)[C@H](NC(=O)CCCCCN1C(=O)C=CC1=O)C(=O)N[C@@H](CCCNC(N)=O)C(=O)N[C@@H](CCCCNC(=O)C1CCC(CNC(=O)[C@@H](N)CCN(C(=O)CO)[C@@H](c2cc(-c3cc(F)ccc3F)cn2Cc2ccccc2)C(C)(C)C)C1)C(=O)O. The van der Waals surface area contributed by atoms with Gasteiger partial charge in [0.2, 0.25) is 35.4 Å². The number of imide groups is 1. The minimum atomic E-state index is -1.37. The van der Waals surface area contributed by atoms with E-state index < -0.39 is 101 Å². The van der Waals surface area contributed by atoms with E-state index in [4.69, 9.17) is 11.5 Å². The average Bonchev–Trinajstić information content (AvgIpc) is 2.61. The standard InChI is InChI=1S/C62H87F2N11O12/c1-38(2)54(72-50(77)19-10-7-13-29-74-51(78)24-25-52(74)79)59(84)70-47(18-14-28-68-61(66)87)58(83)71-48(60(85)86)17-11-12-27-67-56(81)41-21-20-40(31-41)34-69-57(82)46(65)26-30-75(53(80)37-76)55(62(3,4)5)49-32-42(44-33-43(63)22-23-45(44)64)36-73(49)35-39-15-8-6-9-16-39/h6,8-9,15-16,22-25,32-33,36,38,40-41,46-48,54-55,76H,7,10-14,17-21,26-31,34-35,37,65H2,1-5H3,(H,67,81)(H,69,82)(H,70,84)(H,71,83)(H,72,77)(H,85,86)(H3,66,68,87)/t40?,41?,46-,47-,48-,54-,55-/m0/s1. The third-order valence-corrected chi connectivity index (χ3v) is 15.6. The highest BCUT2D eigenvalue weighted by atomic mass is 19.1. The number of carbonyl (C=O) groups is 10. The molecular formula is C62H87F2N11O12. The first-order chi connectivity index (χ1) is 41.3. The first-order valence-electron chi connectivity index (χ1n) is 29.9. The van der Waals surface area contributed by atoms with E-state index >= 15 is 4.39 Å². The maximum absolute atomic E-state index is 15.2. The van der Waals surface area contributed by atoms with Crippen LogP contribution in [0.5, 0.6) is 0 Å². The molecule has 1 aliphatic carbocycles. The number of aliphatic hydroxyl groups excluding tert-OH is 1. The summed E-state index contributed by atoms with van der Waals surface area (Å²) in [5, 5.41) is 36.4. The Kier molecular flexibility index (Phi) is 27.0. The number of unbranched alkanes of at least 4 members (excludes halogenated alkanes) is 3. The van der Waals surface area contributed by atoms with Crippen LogP contribution < -0.4 is 43.4 Å². The molecule has 2 heterocycles. The number of aliphatic hydroxyl groups is 1. The van der Waals surface area contributed by atoms with Crippen LogP contribution in [-0.4, -0.2) is 147 Å². The van der Waals surface area contributed by atoms with Gasteiger partial charge in [-0.25, -0.2) is 18.4 Å². The molecule has 5 rings (SSSR count). The Morgan fingerprint density at radius 3 is 2.10 bits per heavy atom. The molecule has 0 spiro atoms. The van der Waals surface area contributed by atoms with Gasteiger partial charge in [0.05, 0.1) is 12.1 Å². The van der Waals surface area contributed by atoms with Crippen molar-refractivity contribution in [2.45, 2.75) is 155 Å². The molecule has 3 aromatic rings. The van der Waals surface area contributed by atoms with Crippen LogP contribution >= 0.6 is 0 Å². The lowest BCUT2D eigenvalue weighted by molar-refractivity contribution is -0.142.